The number of nitrogens with one attached hydrogen (secondary N) is 1. The third-order valence-electron chi connectivity index (χ3n) is 4.74. The van der Waals surface area contributed by atoms with E-state index in [2.05, 4.69) is 32.0 Å². The molecule has 0 saturated carbocycles. The molecule has 7 heteroatoms. The van der Waals surface area contributed by atoms with Crippen molar-refractivity contribution in [3.05, 3.63) is 41.2 Å². The fourth-order valence-electron chi connectivity index (χ4n) is 3.27. The van der Waals surface area contributed by atoms with Crippen LogP contribution in [-0.4, -0.2) is 47.5 Å². The molecule has 0 amide bonds. The molecule has 1 fully saturated rings. The Morgan fingerprint density at radius 3 is 2.70 bits per heavy atom. The molecule has 4 rings (SSSR count). The molecular formula is C20H21ClN4O2. The number of ether oxygens (including phenoxy) is 1. The number of fused-ring (bicyclic) bond motifs is 1. The third kappa shape index (κ3) is 3.82. The molecule has 3 heterocycles. The number of halogens is 1. The molecule has 27 heavy (non-hydrogen) atoms. The summed E-state index contributed by atoms with van der Waals surface area (Å²) in [7, 11) is 0. The molecule has 0 bridgehead atoms. The van der Waals surface area contributed by atoms with E-state index in [9.17, 15) is 4.79 Å². The Hall–Kier alpha value is -2.44. The van der Waals surface area contributed by atoms with E-state index in [1.165, 1.54) is 5.69 Å². The Labute approximate surface area is 162 Å². The Morgan fingerprint density at radius 1 is 1.26 bits per heavy atom. The molecule has 1 N–H and O–H groups in total. The minimum absolute atomic E-state index is 0.0896. The number of carbonyl (C=O) groups excluding carboxylic acids is 1. The van der Waals surface area contributed by atoms with Gasteiger partial charge in [-0.15, -0.1) is 0 Å². The highest BCUT2D eigenvalue weighted by molar-refractivity contribution is 6.33. The first-order valence-electron chi connectivity index (χ1n) is 9.07. The minimum atomic E-state index is -0.0896. The van der Waals surface area contributed by atoms with Gasteiger partial charge in [0.1, 0.15) is 12.1 Å². The van der Waals surface area contributed by atoms with Crippen molar-refractivity contribution >= 4 is 34.7 Å². The summed E-state index contributed by atoms with van der Waals surface area (Å²) in [4.78, 5) is 25.5. The maximum atomic E-state index is 10.9. The summed E-state index contributed by atoms with van der Waals surface area (Å²) >= 11 is 6.48. The second kappa shape index (κ2) is 7.66. The molecule has 0 spiro atoms. The molecule has 0 aliphatic carbocycles. The maximum Gasteiger partial charge on any atom is 0.178 e. The zero-order chi connectivity index (χ0) is 18.8. The van der Waals surface area contributed by atoms with Gasteiger partial charge in [-0.05, 0) is 18.2 Å². The summed E-state index contributed by atoms with van der Waals surface area (Å²) < 4.78 is 5.41. The molecule has 3 aromatic rings. The Morgan fingerprint density at radius 2 is 2.00 bits per heavy atom. The standard InChI is InChI=1S/C20H21ClN4O2/c1-13(12-26)10-18-22-17-11-16(21)19(24-20(17)23-18)14-2-4-15(5-3-14)25-6-8-27-9-7-25/h2-5,11-13H,6-10H2,1H3,(H,22,23,24). The molecular weight excluding hydrogens is 364 g/mol. The Kier molecular flexibility index (Phi) is 5.09. The van der Waals surface area contributed by atoms with Gasteiger partial charge in [-0.2, -0.15) is 0 Å². The fraction of sp³-hybridized carbons (Fsp3) is 0.350. The summed E-state index contributed by atoms with van der Waals surface area (Å²) in [5, 5.41) is 0.570. The number of aromatic nitrogens is 3. The Bertz CT molecular complexity index is 949. The molecule has 140 valence electrons. The van der Waals surface area contributed by atoms with Gasteiger partial charge in [0, 0.05) is 36.7 Å². The summed E-state index contributed by atoms with van der Waals surface area (Å²) in [6, 6.07) is 10.1. The van der Waals surface area contributed by atoms with Crippen LogP contribution >= 0.6 is 11.6 Å². The van der Waals surface area contributed by atoms with Crippen molar-refractivity contribution < 1.29 is 9.53 Å². The number of aldehydes is 1. The molecule has 2 aromatic heterocycles. The lowest BCUT2D eigenvalue weighted by atomic mass is 10.1. The zero-order valence-corrected chi connectivity index (χ0v) is 15.9. The normalized spacial score (nSPS) is 15.9. The molecule has 0 radical (unpaired) electrons. The minimum Gasteiger partial charge on any atom is -0.378 e. The lowest BCUT2D eigenvalue weighted by Gasteiger charge is -2.28. The lowest BCUT2D eigenvalue weighted by Crippen LogP contribution is -2.36. The van der Waals surface area contributed by atoms with Crippen LogP contribution < -0.4 is 4.90 Å². The number of nitrogens with zero attached hydrogens (tertiary/aromatic N) is 3. The van der Waals surface area contributed by atoms with E-state index in [0.29, 0.717) is 22.8 Å². The number of hydrogen-bond acceptors (Lipinski definition) is 5. The van der Waals surface area contributed by atoms with Crippen LogP contribution in [0.25, 0.3) is 22.4 Å². The number of pyridine rings is 1. The number of morpholine rings is 1. The lowest BCUT2D eigenvalue weighted by molar-refractivity contribution is -0.110. The number of benzene rings is 1. The van der Waals surface area contributed by atoms with E-state index in [0.717, 1.165) is 49.5 Å². The van der Waals surface area contributed by atoms with Crippen molar-refractivity contribution in [3.63, 3.8) is 0 Å². The highest BCUT2D eigenvalue weighted by atomic mass is 35.5. The van der Waals surface area contributed by atoms with Crippen molar-refractivity contribution in [3.8, 4) is 11.3 Å². The number of H-pyrrole nitrogens is 1. The molecule has 1 aliphatic rings. The number of carbonyl (C=O) groups is 1. The van der Waals surface area contributed by atoms with Gasteiger partial charge >= 0.3 is 0 Å². The van der Waals surface area contributed by atoms with Crippen LogP contribution in [0.5, 0.6) is 0 Å². The molecule has 1 aliphatic heterocycles. The van der Waals surface area contributed by atoms with Crippen LogP contribution in [0, 0.1) is 5.92 Å². The van der Waals surface area contributed by atoms with E-state index in [1.807, 2.05) is 25.1 Å². The number of hydrogen-bond donors (Lipinski definition) is 1. The van der Waals surface area contributed by atoms with Crippen LogP contribution in [0.2, 0.25) is 5.02 Å². The highest BCUT2D eigenvalue weighted by Gasteiger charge is 2.14. The average Bonchev–Trinajstić information content (AvgIpc) is 3.09. The van der Waals surface area contributed by atoms with Crippen molar-refractivity contribution in [1.29, 1.82) is 0 Å². The number of anilines is 1. The first-order valence-corrected chi connectivity index (χ1v) is 9.45. The van der Waals surface area contributed by atoms with Gasteiger partial charge in [0.15, 0.2) is 5.65 Å². The third-order valence-corrected chi connectivity index (χ3v) is 5.03. The van der Waals surface area contributed by atoms with E-state index < -0.39 is 0 Å². The van der Waals surface area contributed by atoms with Crippen LogP contribution in [0.4, 0.5) is 5.69 Å². The van der Waals surface area contributed by atoms with Crippen molar-refractivity contribution in [2.24, 2.45) is 5.92 Å². The van der Waals surface area contributed by atoms with Crippen LogP contribution in [0.1, 0.15) is 12.7 Å². The van der Waals surface area contributed by atoms with Gasteiger partial charge in [-0.25, -0.2) is 9.97 Å². The van der Waals surface area contributed by atoms with Gasteiger partial charge in [0.05, 0.1) is 29.4 Å². The first kappa shape index (κ1) is 17.9. The van der Waals surface area contributed by atoms with Gasteiger partial charge < -0.3 is 19.4 Å². The van der Waals surface area contributed by atoms with E-state index in [-0.39, 0.29) is 5.92 Å². The second-order valence-electron chi connectivity index (χ2n) is 6.84. The van der Waals surface area contributed by atoms with Gasteiger partial charge in [0.25, 0.3) is 0 Å². The summed E-state index contributed by atoms with van der Waals surface area (Å²) in [5.74, 6) is 0.654. The quantitative estimate of drug-likeness (QED) is 0.682. The van der Waals surface area contributed by atoms with Crippen LogP contribution in [0.3, 0.4) is 0 Å². The van der Waals surface area contributed by atoms with Crippen molar-refractivity contribution in [2.45, 2.75) is 13.3 Å². The van der Waals surface area contributed by atoms with Gasteiger partial charge in [0.2, 0.25) is 0 Å². The predicted molar refractivity (Wildman–Crippen MR) is 106 cm³/mol. The average molecular weight is 385 g/mol. The van der Waals surface area contributed by atoms with E-state index >= 15 is 0 Å². The van der Waals surface area contributed by atoms with Crippen LogP contribution in [0.15, 0.2) is 30.3 Å². The topological polar surface area (TPSA) is 71.1 Å². The summed E-state index contributed by atoms with van der Waals surface area (Å²) in [5.41, 5.74) is 4.22. The second-order valence-corrected chi connectivity index (χ2v) is 7.24. The predicted octanol–water partition coefficient (Wildman–Crippen LogP) is 3.49. The molecule has 1 unspecified atom stereocenters. The van der Waals surface area contributed by atoms with E-state index in [4.69, 9.17) is 16.3 Å². The Balaban J connectivity index is 1.62. The summed E-state index contributed by atoms with van der Waals surface area (Å²) in [6.45, 7) is 5.19. The number of rotatable bonds is 5. The zero-order valence-electron chi connectivity index (χ0n) is 15.1. The summed E-state index contributed by atoms with van der Waals surface area (Å²) in [6.07, 6.45) is 1.48. The van der Waals surface area contributed by atoms with Crippen molar-refractivity contribution in [1.82, 2.24) is 15.0 Å². The van der Waals surface area contributed by atoms with Crippen molar-refractivity contribution in [2.75, 3.05) is 31.2 Å². The monoisotopic (exact) mass is 384 g/mol. The fourth-order valence-corrected chi connectivity index (χ4v) is 3.53. The smallest absolute Gasteiger partial charge is 0.178 e. The molecule has 6 nitrogen and oxygen atoms in total. The molecule has 1 atom stereocenters. The molecule has 1 aromatic carbocycles. The number of imidazole rings is 1. The van der Waals surface area contributed by atoms with E-state index in [1.54, 1.807) is 0 Å². The number of aromatic amines is 1. The molecule has 1 saturated heterocycles. The first-order chi connectivity index (χ1) is 13.1. The van der Waals surface area contributed by atoms with Gasteiger partial charge in [-0.1, -0.05) is 30.7 Å². The van der Waals surface area contributed by atoms with Crippen LogP contribution in [-0.2, 0) is 16.0 Å². The largest absolute Gasteiger partial charge is 0.378 e. The highest BCUT2D eigenvalue weighted by Crippen LogP contribution is 2.30. The SMILES string of the molecule is CC(C=O)Cc1nc2nc(-c3ccc(N4CCOCC4)cc3)c(Cl)cc2[nH]1. The maximum absolute atomic E-state index is 10.9. The van der Waals surface area contributed by atoms with Gasteiger partial charge in [-0.3, -0.25) is 0 Å².